The van der Waals surface area contributed by atoms with E-state index in [2.05, 4.69) is 5.16 Å². The number of aliphatic imine (C=N–C) groups is 1. The highest BCUT2D eigenvalue weighted by atomic mass is 35.5. The van der Waals surface area contributed by atoms with Crippen molar-refractivity contribution in [1.82, 2.24) is 24.2 Å². The van der Waals surface area contributed by atoms with Gasteiger partial charge in [-0.2, -0.15) is 4.31 Å². The van der Waals surface area contributed by atoms with Gasteiger partial charge in [0.15, 0.2) is 0 Å². The number of carbonyl (C=O) groups is 2. The highest BCUT2D eigenvalue weighted by molar-refractivity contribution is 7.89. The second-order valence-electron chi connectivity index (χ2n) is 14.0. The number of urea groups is 1. The molecule has 7 rings (SSSR count). The highest BCUT2D eigenvalue weighted by Crippen LogP contribution is 2.47. The number of piperazine rings is 1. The topological polar surface area (TPSA) is 138 Å². The molecule has 0 radical (unpaired) electrons. The van der Waals surface area contributed by atoms with Gasteiger partial charge >= 0.3 is 6.03 Å². The Morgan fingerprint density at radius 2 is 1.45 bits per heavy atom. The first-order valence-corrected chi connectivity index (χ1v) is 20.9. The Balaban J connectivity index is 1.35. The monoisotopic (exact) mass is 822 g/mol. The molecule has 3 aliphatic heterocycles. The van der Waals surface area contributed by atoms with Crippen LogP contribution in [0.5, 0.6) is 11.5 Å². The number of hydrogen-bond acceptors (Lipinski definition) is 9. The number of benzene rings is 3. The number of methoxy groups -OCH3 is 1. The number of ether oxygens (including phenoxy) is 2. The van der Waals surface area contributed by atoms with Gasteiger partial charge in [-0.15, -0.1) is 0 Å². The normalized spacial score (nSPS) is 19.2. The van der Waals surface area contributed by atoms with Crippen LogP contribution in [0.1, 0.15) is 76.8 Å². The molecule has 0 saturated carbocycles. The van der Waals surface area contributed by atoms with Crippen molar-refractivity contribution in [3.63, 3.8) is 0 Å². The van der Waals surface area contributed by atoms with Crippen LogP contribution in [0.25, 0.3) is 0 Å². The number of amides is 3. The number of rotatable bonds is 9. The third-order valence-electron chi connectivity index (χ3n) is 10.5. The molecule has 4 heterocycles. The van der Waals surface area contributed by atoms with Crippen LogP contribution >= 0.6 is 23.2 Å². The Hall–Kier alpha value is -4.63. The van der Waals surface area contributed by atoms with Crippen molar-refractivity contribution in [2.24, 2.45) is 4.99 Å². The number of amidine groups is 1. The Bertz CT molecular complexity index is 2210. The summed E-state index contributed by atoms with van der Waals surface area (Å²) in [6.07, 6.45) is 2.46. The molecule has 0 spiro atoms. The van der Waals surface area contributed by atoms with Gasteiger partial charge in [-0.3, -0.25) is 14.7 Å². The van der Waals surface area contributed by atoms with Crippen molar-refractivity contribution >= 4 is 51.0 Å². The Morgan fingerprint density at radius 1 is 0.839 bits per heavy atom. The van der Waals surface area contributed by atoms with E-state index in [9.17, 15) is 13.2 Å². The summed E-state index contributed by atoms with van der Waals surface area (Å²) in [5.41, 5.74) is 2.78. The van der Waals surface area contributed by atoms with Gasteiger partial charge in [0, 0.05) is 55.4 Å². The molecule has 2 atom stereocenters. The SMILES string of the molecule is CCOc1cc(OC)c(S(=O)(=O)N2CCCCC2)cc1C1=N[C@@H](c2ccc(Cl)cc2)[C@@H](c2ccc(Cl)cc2)N1C(=O)N1CCN(C(=O)c2c(C)noc2C)CC1. The van der Waals surface area contributed by atoms with Gasteiger partial charge in [0.2, 0.25) is 10.0 Å². The zero-order chi connectivity index (χ0) is 39.7. The van der Waals surface area contributed by atoms with Crippen molar-refractivity contribution in [3.05, 3.63) is 104 Å². The number of piperidine rings is 1. The quantitative estimate of drug-likeness (QED) is 0.172. The average molecular weight is 824 g/mol. The van der Waals surface area contributed by atoms with Crippen molar-refractivity contribution in [2.75, 3.05) is 53.0 Å². The molecule has 0 unspecified atom stereocenters. The molecule has 296 valence electrons. The predicted molar refractivity (Wildman–Crippen MR) is 212 cm³/mol. The number of sulfonamides is 1. The Labute approximate surface area is 336 Å². The van der Waals surface area contributed by atoms with E-state index in [-0.39, 0.29) is 61.2 Å². The molecule has 13 nitrogen and oxygen atoms in total. The van der Waals surface area contributed by atoms with Crippen LogP contribution < -0.4 is 9.47 Å². The number of aryl methyl sites for hydroxylation is 2. The first-order valence-electron chi connectivity index (χ1n) is 18.7. The molecular formula is C40H44Cl2N6O7S. The van der Waals surface area contributed by atoms with E-state index >= 15 is 4.79 Å². The largest absolute Gasteiger partial charge is 0.495 e. The van der Waals surface area contributed by atoms with Crippen molar-refractivity contribution in [1.29, 1.82) is 0 Å². The number of aromatic nitrogens is 1. The average Bonchev–Trinajstić information content (AvgIpc) is 3.77. The first kappa shape index (κ1) is 39.6. The summed E-state index contributed by atoms with van der Waals surface area (Å²) in [5, 5.41) is 5.00. The van der Waals surface area contributed by atoms with E-state index in [1.165, 1.54) is 17.5 Å². The molecule has 3 aromatic carbocycles. The number of halogens is 2. The third kappa shape index (κ3) is 7.59. The standard InChI is InChI=1S/C40H44Cl2N6O7S/c1-5-54-32-24-33(53-4)34(56(51,52)47-17-7-6-8-18-47)23-31(32)38-43-36(27-9-13-29(41)14-10-27)37(28-11-15-30(42)16-12-28)48(38)40(50)46-21-19-45(20-22-46)39(49)35-25(2)44-55-26(35)3/h9-16,23-24,36-37H,5-8,17-22H2,1-4H3/t36-,37+/m0/s1. The lowest BCUT2D eigenvalue weighted by Gasteiger charge is -2.39. The fraction of sp³-hybridized carbons (Fsp3) is 0.400. The lowest BCUT2D eigenvalue weighted by atomic mass is 9.93. The van der Waals surface area contributed by atoms with Gasteiger partial charge in [-0.05, 0) is 75.1 Å². The van der Waals surface area contributed by atoms with Gasteiger partial charge in [0.1, 0.15) is 39.6 Å². The summed E-state index contributed by atoms with van der Waals surface area (Å²) in [5.74, 6) is 0.891. The summed E-state index contributed by atoms with van der Waals surface area (Å²) in [6.45, 7) is 7.28. The minimum Gasteiger partial charge on any atom is -0.495 e. The molecule has 56 heavy (non-hydrogen) atoms. The van der Waals surface area contributed by atoms with Gasteiger partial charge < -0.3 is 23.8 Å². The van der Waals surface area contributed by atoms with E-state index in [1.54, 1.807) is 58.9 Å². The summed E-state index contributed by atoms with van der Waals surface area (Å²) in [6, 6.07) is 15.9. The number of hydrogen-bond donors (Lipinski definition) is 0. The Morgan fingerprint density at radius 3 is 2.02 bits per heavy atom. The molecule has 16 heteroatoms. The lowest BCUT2D eigenvalue weighted by Crippen LogP contribution is -2.55. The van der Waals surface area contributed by atoms with Gasteiger partial charge in [-0.25, -0.2) is 13.2 Å². The van der Waals surface area contributed by atoms with Crippen LogP contribution in [-0.2, 0) is 10.0 Å². The van der Waals surface area contributed by atoms with Crippen molar-refractivity contribution in [3.8, 4) is 11.5 Å². The van der Waals surface area contributed by atoms with Crippen molar-refractivity contribution < 1.29 is 32.0 Å². The minimum absolute atomic E-state index is 0.0418. The lowest BCUT2D eigenvalue weighted by molar-refractivity contribution is 0.0644. The third-order valence-corrected chi connectivity index (χ3v) is 12.9. The molecule has 3 aliphatic rings. The summed E-state index contributed by atoms with van der Waals surface area (Å²) in [4.78, 5) is 39.0. The molecule has 2 saturated heterocycles. The summed E-state index contributed by atoms with van der Waals surface area (Å²) in [7, 11) is -2.60. The van der Waals surface area contributed by atoms with E-state index < -0.39 is 22.1 Å². The molecule has 0 N–H and O–H groups in total. The fourth-order valence-electron chi connectivity index (χ4n) is 7.65. The molecule has 0 bridgehead atoms. The maximum absolute atomic E-state index is 15.2. The molecule has 3 amide bonds. The molecule has 0 aliphatic carbocycles. The highest BCUT2D eigenvalue weighted by Gasteiger charge is 2.46. The van der Waals surface area contributed by atoms with Crippen LogP contribution in [0, 0.1) is 13.8 Å². The smallest absolute Gasteiger partial charge is 0.326 e. The van der Waals surface area contributed by atoms with Crippen LogP contribution in [0.4, 0.5) is 4.79 Å². The van der Waals surface area contributed by atoms with Gasteiger partial charge in [-0.1, -0.05) is 59.0 Å². The van der Waals surface area contributed by atoms with Crippen LogP contribution in [0.3, 0.4) is 0 Å². The molecular weight excluding hydrogens is 779 g/mol. The first-order chi connectivity index (χ1) is 26.9. The van der Waals surface area contributed by atoms with Crippen LogP contribution in [0.2, 0.25) is 10.0 Å². The van der Waals surface area contributed by atoms with E-state index in [4.69, 9.17) is 42.2 Å². The fourth-order valence-corrected chi connectivity index (χ4v) is 9.58. The minimum atomic E-state index is -4.02. The van der Waals surface area contributed by atoms with Crippen LogP contribution in [0.15, 0.2) is 75.1 Å². The predicted octanol–water partition coefficient (Wildman–Crippen LogP) is 7.30. The molecule has 1 aromatic heterocycles. The maximum atomic E-state index is 15.2. The van der Waals surface area contributed by atoms with E-state index in [0.29, 0.717) is 51.5 Å². The summed E-state index contributed by atoms with van der Waals surface area (Å²) >= 11 is 12.7. The Kier molecular flexibility index (Phi) is 11.6. The zero-order valence-corrected chi connectivity index (χ0v) is 34.0. The maximum Gasteiger partial charge on any atom is 0.326 e. The van der Waals surface area contributed by atoms with Crippen LogP contribution in [-0.4, -0.2) is 103 Å². The van der Waals surface area contributed by atoms with Gasteiger partial charge in [0.25, 0.3) is 5.91 Å². The summed E-state index contributed by atoms with van der Waals surface area (Å²) < 4.78 is 47.2. The van der Waals surface area contributed by atoms with Gasteiger partial charge in [0.05, 0.1) is 31.0 Å². The molecule has 2 fully saturated rings. The number of carbonyl (C=O) groups excluding carboxylic acids is 2. The zero-order valence-electron chi connectivity index (χ0n) is 31.7. The number of nitrogens with zero attached hydrogens (tertiary/aromatic N) is 6. The van der Waals surface area contributed by atoms with E-state index in [1.807, 2.05) is 31.2 Å². The second-order valence-corrected chi connectivity index (χ2v) is 16.8. The second kappa shape index (κ2) is 16.5. The van der Waals surface area contributed by atoms with E-state index in [0.717, 1.165) is 30.4 Å². The molecule has 4 aromatic rings. The van der Waals surface area contributed by atoms with Crippen molar-refractivity contribution in [2.45, 2.75) is 57.0 Å².